The number of hydrogen-bond acceptors (Lipinski definition) is 2. The SMILES string of the molecule is CNC(c1nccc2ccccc12)C1CCC(C)C(C)C1. The first-order valence-electron chi connectivity index (χ1n) is 8.21. The molecule has 1 fully saturated rings. The summed E-state index contributed by atoms with van der Waals surface area (Å²) < 4.78 is 0. The Balaban J connectivity index is 1.95. The monoisotopic (exact) mass is 282 g/mol. The highest BCUT2D eigenvalue weighted by molar-refractivity contribution is 5.84. The van der Waals surface area contributed by atoms with Crippen molar-refractivity contribution in [2.75, 3.05) is 7.05 Å². The summed E-state index contributed by atoms with van der Waals surface area (Å²) in [6.07, 6.45) is 5.91. The van der Waals surface area contributed by atoms with Crippen LogP contribution < -0.4 is 5.32 Å². The van der Waals surface area contributed by atoms with Gasteiger partial charge in [0.1, 0.15) is 0 Å². The summed E-state index contributed by atoms with van der Waals surface area (Å²) in [7, 11) is 2.08. The van der Waals surface area contributed by atoms with Crippen LogP contribution in [0.1, 0.15) is 44.8 Å². The second kappa shape index (κ2) is 6.15. The first kappa shape index (κ1) is 14.5. The van der Waals surface area contributed by atoms with Crippen LogP contribution in [-0.4, -0.2) is 12.0 Å². The molecule has 1 aromatic heterocycles. The molecule has 0 spiro atoms. The van der Waals surface area contributed by atoms with Crippen molar-refractivity contribution in [1.29, 1.82) is 0 Å². The molecule has 1 N–H and O–H groups in total. The van der Waals surface area contributed by atoms with Crippen LogP contribution in [0.25, 0.3) is 10.8 Å². The Morgan fingerprint density at radius 3 is 2.67 bits per heavy atom. The Bertz CT molecular complexity index is 602. The molecule has 4 unspecified atom stereocenters. The van der Waals surface area contributed by atoms with Gasteiger partial charge in [-0.05, 0) is 49.1 Å². The summed E-state index contributed by atoms with van der Waals surface area (Å²) in [6.45, 7) is 4.80. The normalized spacial score (nSPS) is 27.7. The van der Waals surface area contributed by atoms with E-state index in [2.05, 4.69) is 56.5 Å². The smallest absolute Gasteiger partial charge is 0.0654 e. The van der Waals surface area contributed by atoms with Crippen LogP contribution in [0, 0.1) is 17.8 Å². The van der Waals surface area contributed by atoms with Gasteiger partial charge < -0.3 is 5.32 Å². The molecule has 2 nitrogen and oxygen atoms in total. The topological polar surface area (TPSA) is 24.9 Å². The fourth-order valence-electron chi connectivity index (χ4n) is 3.88. The zero-order valence-corrected chi connectivity index (χ0v) is 13.3. The number of nitrogens with zero attached hydrogens (tertiary/aromatic N) is 1. The van der Waals surface area contributed by atoms with E-state index < -0.39 is 0 Å². The lowest BCUT2D eigenvalue weighted by molar-refractivity contribution is 0.173. The van der Waals surface area contributed by atoms with Crippen molar-refractivity contribution in [3.63, 3.8) is 0 Å². The Labute approximate surface area is 128 Å². The van der Waals surface area contributed by atoms with Crippen LogP contribution in [0.5, 0.6) is 0 Å². The predicted octanol–water partition coefficient (Wildman–Crippen LogP) is 4.57. The Kier molecular flexibility index (Phi) is 4.25. The van der Waals surface area contributed by atoms with E-state index >= 15 is 0 Å². The minimum Gasteiger partial charge on any atom is -0.311 e. The molecule has 0 amide bonds. The summed E-state index contributed by atoms with van der Waals surface area (Å²) in [6, 6.07) is 11.1. The average Bonchev–Trinajstić information content (AvgIpc) is 2.52. The maximum Gasteiger partial charge on any atom is 0.0654 e. The van der Waals surface area contributed by atoms with Crippen LogP contribution >= 0.6 is 0 Å². The largest absolute Gasteiger partial charge is 0.311 e. The van der Waals surface area contributed by atoms with Crippen LogP contribution in [0.3, 0.4) is 0 Å². The molecule has 1 aromatic carbocycles. The van der Waals surface area contributed by atoms with Gasteiger partial charge in [0.05, 0.1) is 11.7 Å². The molecule has 4 atom stereocenters. The van der Waals surface area contributed by atoms with Gasteiger partial charge in [0, 0.05) is 11.6 Å². The zero-order valence-electron chi connectivity index (χ0n) is 13.3. The van der Waals surface area contributed by atoms with Gasteiger partial charge in [-0.25, -0.2) is 0 Å². The number of aromatic nitrogens is 1. The first-order valence-corrected chi connectivity index (χ1v) is 8.21. The fraction of sp³-hybridized carbons (Fsp3) is 0.526. The summed E-state index contributed by atoms with van der Waals surface area (Å²) in [5, 5.41) is 6.14. The van der Waals surface area contributed by atoms with Crippen molar-refractivity contribution in [3.8, 4) is 0 Å². The van der Waals surface area contributed by atoms with Crippen molar-refractivity contribution >= 4 is 10.8 Å². The van der Waals surface area contributed by atoms with E-state index in [1.165, 1.54) is 35.7 Å². The number of hydrogen-bond donors (Lipinski definition) is 1. The maximum absolute atomic E-state index is 4.73. The molecule has 0 radical (unpaired) electrons. The zero-order chi connectivity index (χ0) is 14.8. The van der Waals surface area contributed by atoms with Crippen LogP contribution in [-0.2, 0) is 0 Å². The highest BCUT2D eigenvalue weighted by Gasteiger charge is 2.31. The van der Waals surface area contributed by atoms with Crippen molar-refractivity contribution in [2.24, 2.45) is 17.8 Å². The number of benzene rings is 1. The highest BCUT2D eigenvalue weighted by atomic mass is 14.9. The van der Waals surface area contributed by atoms with E-state index in [1.807, 2.05) is 6.20 Å². The van der Waals surface area contributed by atoms with Crippen molar-refractivity contribution in [2.45, 2.75) is 39.2 Å². The molecular formula is C19H26N2. The second-order valence-electron chi connectivity index (χ2n) is 6.71. The van der Waals surface area contributed by atoms with Crippen LogP contribution in [0.2, 0.25) is 0 Å². The summed E-state index contributed by atoms with van der Waals surface area (Å²) in [5.41, 5.74) is 1.22. The minimum absolute atomic E-state index is 0.367. The van der Waals surface area contributed by atoms with Gasteiger partial charge >= 0.3 is 0 Å². The molecule has 2 aromatic rings. The van der Waals surface area contributed by atoms with Crippen molar-refractivity contribution in [3.05, 3.63) is 42.2 Å². The molecule has 1 heterocycles. The molecule has 1 aliphatic rings. The van der Waals surface area contributed by atoms with Crippen molar-refractivity contribution < 1.29 is 0 Å². The maximum atomic E-state index is 4.73. The minimum atomic E-state index is 0.367. The van der Waals surface area contributed by atoms with Crippen LogP contribution in [0.15, 0.2) is 36.5 Å². The molecule has 1 aliphatic carbocycles. The molecule has 1 saturated carbocycles. The van der Waals surface area contributed by atoms with Gasteiger partial charge in [-0.15, -0.1) is 0 Å². The highest BCUT2D eigenvalue weighted by Crippen LogP contribution is 2.40. The van der Waals surface area contributed by atoms with E-state index in [1.54, 1.807) is 0 Å². The van der Waals surface area contributed by atoms with E-state index in [0.29, 0.717) is 12.0 Å². The van der Waals surface area contributed by atoms with Gasteiger partial charge in [0.25, 0.3) is 0 Å². The molecule has 112 valence electrons. The van der Waals surface area contributed by atoms with Gasteiger partial charge in [0.15, 0.2) is 0 Å². The molecule has 0 saturated heterocycles. The van der Waals surface area contributed by atoms with Gasteiger partial charge in [-0.3, -0.25) is 4.98 Å². The van der Waals surface area contributed by atoms with E-state index in [4.69, 9.17) is 4.98 Å². The molecule has 0 aliphatic heterocycles. The van der Waals surface area contributed by atoms with Gasteiger partial charge in [-0.2, -0.15) is 0 Å². The third kappa shape index (κ3) is 2.82. The lowest BCUT2D eigenvalue weighted by Gasteiger charge is -2.36. The first-order chi connectivity index (χ1) is 10.2. The van der Waals surface area contributed by atoms with E-state index in [0.717, 1.165) is 11.8 Å². The molecular weight excluding hydrogens is 256 g/mol. The summed E-state index contributed by atoms with van der Waals surface area (Å²) in [5.74, 6) is 2.37. The molecule has 2 heteroatoms. The molecule has 21 heavy (non-hydrogen) atoms. The lowest BCUT2D eigenvalue weighted by Crippen LogP contribution is -2.32. The third-order valence-electron chi connectivity index (χ3n) is 5.42. The Morgan fingerprint density at radius 1 is 1.10 bits per heavy atom. The molecule has 3 rings (SSSR count). The summed E-state index contributed by atoms with van der Waals surface area (Å²) >= 11 is 0. The summed E-state index contributed by atoms with van der Waals surface area (Å²) in [4.78, 5) is 4.73. The molecule has 0 bridgehead atoms. The number of nitrogens with one attached hydrogen (secondary N) is 1. The number of pyridine rings is 1. The third-order valence-corrected chi connectivity index (χ3v) is 5.42. The second-order valence-corrected chi connectivity index (χ2v) is 6.71. The lowest BCUT2D eigenvalue weighted by atomic mass is 9.72. The number of fused-ring (bicyclic) bond motifs is 1. The fourth-order valence-corrected chi connectivity index (χ4v) is 3.88. The van der Waals surface area contributed by atoms with Crippen molar-refractivity contribution in [1.82, 2.24) is 10.3 Å². The predicted molar refractivity (Wildman–Crippen MR) is 89.2 cm³/mol. The standard InChI is InChI=1S/C19H26N2/c1-13-8-9-16(12-14(13)2)18(20-3)19-17-7-5-4-6-15(17)10-11-21-19/h4-7,10-11,13-14,16,18,20H,8-9,12H2,1-3H3. The van der Waals surface area contributed by atoms with Crippen LogP contribution in [0.4, 0.5) is 0 Å². The Hall–Kier alpha value is -1.41. The Morgan fingerprint density at radius 2 is 1.90 bits per heavy atom. The van der Waals surface area contributed by atoms with Gasteiger partial charge in [-0.1, -0.05) is 44.5 Å². The average molecular weight is 282 g/mol. The number of rotatable bonds is 3. The quantitative estimate of drug-likeness (QED) is 0.892. The van der Waals surface area contributed by atoms with Gasteiger partial charge in [0.2, 0.25) is 0 Å². The van der Waals surface area contributed by atoms with E-state index in [-0.39, 0.29) is 0 Å². The van der Waals surface area contributed by atoms with E-state index in [9.17, 15) is 0 Å².